The lowest BCUT2D eigenvalue weighted by Gasteiger charge is -2.27. The summed E-state index contributed by atoms with van der Waals surface area (Å²) in [6.07, 6.45) is 5.63. The molecule has 1 aliphatic heterocycles. The highest BCUT2D eigenvalue weighted by Gasteiger charge is 2.34. The smallest absolute Gasteiger partial charge is 0.228 e. The van der Waals surface area contributed by atoms with Gasteiger partial charge in [0, 0.05) is 36.8 Å². The number of nitrogens with zero attached hydrogens (tertiary/aromatic N) is 1. The van der Waals surface area contributed by atoms with Crippen LogP contribution in [0.1, 0.15) is 55.6 Å². The van der Waals surface area contributed by atoms with Crippen molar-refractivity contribution in [2.24, 2.45) is 11.7 Å². The molecule has 0 radical (unpaired) electrons. The Bertz CT molecular complexity index is 884. The van der Waals surface area contributed by atoms with Gasteiger partial charge in [0.1, 0.15) is 0 Å². The first-order valence-corrected chi connectivity index (χ1v) is 10.7. The highest BCUT2D eigenvalue weighted by molar-refractivity contribution is 5.95. The molecule has 1 saturated heterocycles. The number of halogens is 1. The van der Waals surface area contributed by atoms with Crippen molar-refractivity contribution >= 4 is 35.6 Å². The summed E-state index contributed by atoms with van der Waals surface area (Å²) < 4.78 is 0. The maximum Gasteiger partial charge on any atom is 0.228 e. The summed E-state index contributed by atoms with van der Waals surface area (Å²) >= 11 is 0. The lowest BCUT2D eigenvalue weighted by atomic mass is 9.87. The molecule has 2 fully saturated rings. The Kier molecular flexibility index (Phi) is 7.51. The maximum absolute atomic E-state index is 13.0. The SMILES string of the molecule is Cl.NCc1cccc(C2CCCC2C(=O)Nc2ccc(N3CCCCC3=O)cc2)c1. The van der Waals surface area contributed by atoms with Gasteiger partial charge in [-0.1, -0.05) is 30.7 Å². The number of nitrogens with one attached hydrogen (secondary N) is 1. The monoisotopic (exact) mass is 427 g/mol. The molecule has 1 heterocycles. The average molecular weight is 428 g/mol. The molecule has 160 valence electrons. The van der Waals surface area contributed by atoms with Gasteiger partial charge in [-0.15, -0.1) is 12.4 Å². The number of amides is 2. The molecule has 0 aromatic heterocycles. The molecule has 5 nitrogen and oxygen atoms in total. The topological polar surface area (TPSA) is 75.4 Å². The molecule has 0 bridgehead atoms. The number of anilines is 2. The van der Waals surface area contributed by atoms with Gasteiger partial charge in [-0.05, 0) is 67.0 Å². The first-order valence-electron chi connectivity index (χ1n) is 10.7. The van der Waals surface area contributed by atoms with Gasteiger partial charge in [0.2, 0.25) is 11.8 Å². The minimum Gasteiger partial charge on any atom is -0.326 e. The summed E-state index contributed by atoms with van der Waals surface area (Å²) in [6.45, 7) is 1.29. The van der Waals surface area contributed by atoms with Crippen LogP contribution in [0.2, 0.25) is 0 Å². The quantitative estimate of drug-likeness (QED) is 0.731. The third-order valence-electron chi connectivity index (χ3n) is 6.24. The zero-order chi connectivity index (χ0) is 20.2. The minimum atomic E-state index is -0.0219. The zero-order valence-corrected chi connectivity index (χ0v) is 18.0. The molecule has 4 rings (SSSR count). The number of rotatable bonds is 5. The van der Waals surface area contributed by atoms with Crippen LogP contribution in [0.3, 0.4) is 0 Å². The zero-order valence-electron chi connectivity index (χ0n) is 17.2. The summed E-state index contributed by atoms with van der Waals surface area (Å²) in [5, 5.41) is 3.09. The van der Waals surface area contributed by atoms with E-state index >= 15 is 0 Å². The second-order valence-electron chi connectivity index (χ2n) is 8.13. The lowest BCUT2D eigenvalue weighted by molar-refractivity contribution is -0.120. The predicted molar refractivity (Wildman–Crippen MR) is 123 cm³/mol. The van der Waals surface area contributed by atoms with Crippen molar-refractivity contribution in [1.29, 1.82) is 0 Å². The van der Waals surface area contributed by atoms with Crippen molar-refractivity contribution < 1.29 is 9.59 Å². The van der Waals surface area contributed by atoms with Crippen LogP contribution in [0.25, 0.3) is 0 Å². The summed E-state index contributed by atoms with van der Waals surface area (Å²) in [5.41, 5.74) is 9.79. The number of hydrogen-bond donors (Lipinski definition) is 2. The molecule has 2 aliphatic rings. The molecule has 2 aromatic carbocycles. The number of carbonyl (C=O) groups excluding carboxylic acids is 2. The van der Waals surface area contributed by atoms with E-state index in [1.165, 1.54) is 5.56 Å². The summed E-state index contributed by atoms with van der Waals surface area (Å²) in [4.78, 5) is 26.9. The Labute approximate surface area is 184 Å². The van der Waals surface area contributed by atoms with Gasteiger partial charge in [0.05, 0.1) is 0 Å². The van der Waals surface area contributed by atoms with Gasteiger partial charge < -0.3 is 16.0 Å². The van der Waals surface area contributed by atoms with E-state index in [4.69, 9.17) is 5.73 Å². The van der Waals surface area contributed by atoms with E-state index in [-0.39, 0.29) is 36.1 Å². The number of carbonyl (C=O) groups is 2. The largest absolute Gasteiger partial charge is 0.326 e. The van der Waals surface area contributed by atoms with Crippen LogP contribution in [0.5, 0.6) is 0 Å². The molecule has 2 aromatic rings. The van der Waals surface area contributed by atoms with Gasteiger partial charge in [-0.25, -0.2) is 0 Å². The highest BCUT2D eigenvalue weighted by atomic mass is 35.5. The van der Waals surface area contributed by atoms with Crippen molar-refractivity contribution in [3.63, 3.8) is 0 Å². The van der Waals surface area contributed by atoms with Crippen LogP contribution in [-0.4, -0.2) is 18.4 Å². The molecule has 2 atom stereocenters. The van der Waals surface area contributed by atoms with Crippen LogP contribution in [-0.2, 0) is 16.1 Å². The normalized spacial score (nSPS) is 21.2. The van der Waals surface area contributed by atoms with Gasteiger partial charge in [0.25, 0.3) is 0 Å². The third-order valence-corrected chi connectivity index (χ3v) is 6.24. The number of nitrogens with two attached hydrogens (primary N) is 1. The van der Waals surface area contributed by atoms with Crippen LogP contribution in [0.15, 0.2) is 48.5 Å². The molecule has 1 saturated carbocycles. The number of benzene rings is 2. The van der Waals surface area contributed by atoms with Gasteiger partial charge in [-0.3, -0.25) is 9.59 Å². The van der Waals surface area contributed by atoms with Gasteiger partial charge in [-0.2, -0.15) is 0 Å². The molecular weight excluding hydrogens is 398 g/mol. The molecule has 0 spiro atoms. The fourth-order valence-corrected chi connectivity index (χ4v) is 4.66. The predicted octanol–water partition coefficient (Wildman–Crippen LogP) is 4.61. The fraction of sp³-hybridized carbons (Fsp3) is 0.417. The maximum atomic E-state index is 13.0. The van der Waals surface area contributed by atoms with Crippen LogP contribution in [0, 0.1) is 5.92 Å². The van der Waals surface area contributed by atoms with Gasteiger partial charge in [0.15, 0.2) is 0 Å². The van der Waals surface area contributed by atoms with E-state index in [1.807, 2.05) is 41.3 Å². The summed E-state index contributed by atoms with van der Waals surface area (Å²) in [7, 11) is 0. The van der Waals surface area contributed by atoms with Crippen molar-refractivity contribution in [1.82, 2.24) is 0 Å². The average Bonchev–Trinajstić information content (AvgIpc) is 3.25. The first kappa shape index (κ1) is 22.3. The summed E-state index contributed by atoms with van der Waals surface area (Å²) in [6, 6.07) is 16.0. The molecule has 30 heavy (non-hydrogen) atoms. The van der Waals surface area contributed by atoms with E-state index in [9.17, 15) is 9.59 Å². The Hall–Kier alpha value is -2.37. The highest BCUT2D eigenvalue weighted by Crippen LogP contribution is 2.40. The number of piperidine rings is 1. The molecule has 2 unspecified atom stereocenters. The Morgan fingerprint density at radius 1 is 1.07 bits per heavy atom. The van der Waals surface area contributed by atoms with Crippen LogP contribution in [0.4, 0.5) is 11.4 Å². The van der Waals surface area contributed by atoms with E-state index in [2.05, 4.69) is 17.4 Å². The molecular formula is C24H30ClN3O2. The fourth-order valence-electron chi connectivity index (χ4n) is 4.66. The first-order chi connectivity index (χ1) is 14.2. The molecule has 3 N–H and O–H groups in total. The van der Waals surface area contributed by atoms with Crippen molar-refractivity contribution in [3.8, 4) is 0 Å². The molecule has 2 amide bonds. The Morgan fingerprint density at radius 3 is 2.60 bits per heavy atom. The van der Waals surface area contributed by atoms with Crippen molar-refractivity contribution in [3.05, 3.63) is 59.7 Å². The summed E-state index contributed by atoms with van der Waals surface area (Å²) in [5.74, 6) is 0.479. The van der Waals surface area contributed by atoms with Crippen molar-refractivity contribution in [2.75, 3.05) is 16.8 Å². The Morgan fingerprint density at radius 2 is 1.87 bits per heavy atom. The Balaban J connectivity index is 0.00000256. The van der Waals surface area contributed by atoms with Crippen molar-refractivity contribution in [2.45, 2.75) is 51.0 Å². The van der Waals surface area contributed by atoms with E-state index in [0.717, 1.165) is 55.6 Å². The van der Waals surface area contributed by atoms with Crippen LogP contribution < -0.4 is 16.0 Å². The van der Waals surface area contributed by atoms with Crippen LogP contribution >= 0.6 is 12.4 Å². The van der Waals surface area contributed by atoms with E-state index < -0.39 is 0 Å². The lowest BCUT2D eigenvalue weighted by Crippen LogP contribution is -2.35. The minimum absolute atomic E-state index is 0. The van der Waals surface area contributed by atoms with Gasteiger partial charge >= 0.3 is 0 Å². The third kappa shape index (κ3) is 4.85. The molecule has 6 heteroatoms. The molecule has 1 aliphatic carbocycles. The number of hydrogen-bond acceptors (Lipinski definition) is 3. The van der Waals surface area contributed by atoms with E-state index in [1.54, 1.807) is 0 Å². The van der Waals surface area contributed by atoms with E-state index in [0.29, 0.717) is 13.0 Å². The standard InChI is InChI=1S/C24H29N3O2.ClH/c25-16-17-5-3-6-18(15-17)21-7-4-8-22(21)24(29)26-19-10-12-20(13-11-19)27-14-2-1-9-23(27)28;/h3,5-6,10-13,15,21-22H,1-2,4,7-9,14,16,25H2,(H,26,29);1H. The second kappa shape index (κ2) is 10.1. The second-order valence-corrected chi connectivity index (χ2v) is 8.13.